The molecule has 94 valence electrons. The van der Waals surface area contributed by atoms with E-state index in [9.17, 15) is 0 Å². The minimum absolute atomic E-state index is 0.0205. The number of nitrogens with one attached hydrogen (secondary N) is 1. The Morgan fingerprint density at radius 1 is 1.41 bits per heavy atom. The molecular weight excluding hydrogens is 218 g/mol. The summed E-state index contributed by atoms with van der Waals surface area (Å²) < 4.78 is 10.7. The smallest absolute Gasteiger partial charge is 0.127 e. The van der Waals surface area contributed by atoms with Gasteiger partial charge in [-0.05, 0) is 18.9 Å². The number of hydrogen-bond acceptors (Lipinski definition) is 4. The van der Waals surface area contributed by atoms with E-state index in [0.717, 1.165) is 23.6 Å². The van der Waals surface area contributed by atoms with Crippen molar-refractivity contribution >= 4 is 0 Å². The van der Waals surface area contributed by atoms with Crippen LogP contribution in [0.4, 0.5) is 0 Å². The second kappa shape index (κ2) is 5.89. The first-order valence-corrected chi connectivity index (χ1v) is 5.97. The number of rotatable bonds is 7. The highest BCUT2D eigenvalue weighted by Gasteiger charge is 2.20. The van der Waals surface area contributed by atoms with Gasteiger partial charge < -0.3 is 19.9 Å². The predicted molar refractivity (Wildman–Crippen MR) is 65.4 cm³/mol. The third kappa shape index (κ3) is 3.61. The van der Waals surface area contributed by atoms with Crippen LogP contribution in [0.3, 0.4) is 0 Å². The Bertz CT molecular complexity index is 364. The standard InChI is InChI=1S/C13H19NO3/c1-16-12-5-2-10(9-14-11-3-4-11)13(8-12)17-7-6-15/h2,5,8,11,14-15H,3-4,6-7,9H2,1H3. The predicted octanol–water partition coefficient (Wildman–Crippen LogP) is 1.32. The molecule has 0 atom stereocenters. The van der Waals surface area contributed by atoms with Gasteiger partial charge in [0.05, 0.1) is 13.7 Å². The molecule has 4 heteroatoms. The molecule has 1 aromatic rings. The van der Waals surface area contributed by atoms with Gasteiger partial charge in [0.15, 0.2) is 0 Å². The van der Waals surface area contributed by atoms with Gasteiger partial charge >= 0.3 is 0 Å². The fourth-order valence-corrected chi connectivity index (χ4v) is 1.64. The molecule has 17 heavy (non-hydrogen) atoms. The topological polar surface area (TPSA) is 50.7 Å². The number of aliphatic hydroxyl groups is 1. The first-order chi connectivity index (χ1) is 8.33. The molecule has 1 fully saturated rings. The summed E-state index contributed by atoms with van der Waals surface area (Å²) in [6.07, 6.45) is 2.53. The second-order valence-corrected chi connectivity index (χ2v) is 4.20. The van der Waals surface area contributed by atoms with E-state index in [1.165, 1.54) is 12.8 Å². The average Bonchev–Trinajstić information content (AvgIpc) is 3.18. The Kier molecular flexibility index (Phi) is 4.23. The fraction of sp³-hybridized carbons (Fsp3) is 0.538. The van der Waals surface area contributed by atoms with Crippen molar-refractivity contribution in [1.29, 1.82) is 0 Å². The van der Waals surface area contributed by atoms with Crippen molar-refractivity contribution in [1.82, 2.24) is 5.32 Å². The summed E-state index contributed by atoms with van der Waals surface area (Å²) in [6.45, 7) is 1.13. The van der Waals surface area contributed by atoms with E-state index < -0.39 is 0 Å². The Morgan fingerprint density at radius 3 is 2.88 bits per heavy atom. The van der Waals surface area contributed by atoms with Crippen LogP contribution in [0, 0.1) is 0 Å². The number of aliphatic hydroxyl groups excluding tert-OH is 1. The summed E-state index contributed by atoms with van der Waals surface area (Å²) in [6, 6.07) is 6.46. The van der Waals surface area contributed by atoms with Gasteiger partial charge in [-0.15, -0.1) is 0 Å². The van der Waals surface area contributed by atoms with Crippen molar-refractivity contribution in [2.75, 3.05) is 20.3 Å². The second-order valence-electron chi connectivity index (χ2n) is 4.20. The molecule has 0 aliphatic heterocycles. The summed E-state index contributed by atoms with van der Waals surface area (Å²) >= 11 is 0. The van der Waals surface area contributed by atoms with Gasteiger partial charge in [0.25, 0.3) is 0 Å². The van der Waals surface area contributed by atoms with Gasteiger partial charge in [-0.2, -0.15) is 0 Å². The maximum atomic E-state index is 8.80. The van der Waals surface area contributed by atoms with Crippen molar-refractivity contribution in [2.24, 2.45) is 0 Å². The van der Waals surface area contributed by atoms with Crippen LogP contribution < -0.4 is 14.8 Å². The molecule has 0 amide bonds. The van der Waals surface area contributed by atoms with Crippen molar-refractivity contribution in [3.8, 4) is 11.5 Å². The zero-order valence-electron chi connectivity index (χ0n) is 10.1. The quantitative estimate of drug-likeness (QED) is 0.751. The van der Waals surface area contributed by atoms with Crippen molar-refractivity contribution in [3.05, 3.63) is 23.8 Å². The Balaban J connectivity index is 2.03. The van der Waals surface area contributed by atoms with E-state index >= 15 is 0 Å². The van der Waals surface area contributed by atoms with Gasteiger partial charge in [0.1, 0.15) is 18.1 Å². The lowest BCUT2D eigenvalue weighted by atomic mass is 10.2. The van der Waals surface area contributed by atoms with Gasteiger partial charge in [-0.1, -0.05) is 6.07 Å². The van der Waals surface area contributed by atoms with Crippen LogP contribution in [0.25, 0.3) is 0 Å². The number of benzene rings is 1. The zero-order chi connectivity index (χ0) is 12.1. The van der Waals surface area contributed by atoms with Gasteiger partial charge in [0.2, 0.25) is 0 Å². The lowest BCUT2D eigenvalue weighted by Crippen LogP contribution is -2.16. The Labute approximate surface area is 102 Å². The highest BCUT2D eigenvalue weighted by atomic mass is 16.5. The molecule has 0 unspecified atom stereocenters. The molecule has 2 N–H and O–H groups in total. The van der Waals surface area contributed by atoms with Crippen molar-refractivity contribution in [2.45, 2.75) is 25.4 Å². The number of hydrogen-bond donors (Lipinski definition) is 2. The van der Waals surface area contributed by atoms with Crippen LogP contribution in [0.15, 0.2) is 18.2 Å². The molecule has 0 heterocycles. The molecule has 0 bridgehead atoms. The molecular formula is C13H19NO3. The van der Waals surface area contributed by atoms with Gasteiger partial charge in [-0.3, -0.25) is 0 Å². The molecule has 1 aliphatic rings. The van der Waals surface area contributed by atoms with E-state index in [-0.39, 0.29) is 6.61 Å². The minimum atomic E-state index is 0.0205. The van der Waals surface area contributed by atoms with Crippen molar-refractivity contribution < 1.29 is 14.6 Å². The monoisotopic (exact) mass is 237 g/mol. The molecule has 0 spiro atoms. The highest BCUT2D eigenvalue weighted by Crippen LogP contribution is 2.26. The molecule has 4 nitrogen and oxygen atoms in total. The molecule has 0 saturated heterocycles. The summed E-state index contributed by atoms with van der Waals surface area (Å²) in [5.41, 5.74) is 1.10. The molecule has 2 rings (SSSR count). The van der Waals surface area contributed by atoms with E-state index in [2.05, 4.69) is 5.32 Å². The fourth-order valence-electron chi connectivity index (χ4n) is 1.64. The normalized spacial score (nSPS) is 14.7. The van der Waals surface area contributed by atoms with Crippen LogP contribution in [0.5, 0.6) is 11.5 Å². The summed E-state index contributed by atoms with van der Waals surface area (Å²) in [5, 5.41) is 12.2. The third-order valence-electron chi connectivity index (χ3n) is 2.78. The van der Waals surface area contributed by atoms with Crippen LogP contribution in [-0.4, -0.2) is 31.5 Å². The molecule has 0 aromatic heterocycles. The highest BCUT2D eigenvalue weighted by molar-refractivity contribution is 5.40. The summed E-state index contributed by atoms with van der Waals surface area (Å²) in [5.74, 6) is 1.56. The Hall–Kier alpha value is -1.26. The lowest BCUT2D eigenvalue weighted by Gasteiger charge is -2.12. The lowest BCUT2D eigenvalue weighted by molar-refractivity contribution is 0.199. The first kappa shape index (κ1) is 12.2. The largest absolute Gasteiger partial charge is 0.497 e. The van der Waals surface area contributed by atoms with E-state index in [1.54, 1.807) is 7.11 Å². The minimum Gasteiger partial charge on any atom is -0.497 e. The van der Waals surface area contributed by atoms with Crippen LogP contribution in [0.2, 0.25) is 0 Å². The van der Waals surface area contributed by atoms with E-state index in [1.807, 2.05) is 18.2 Å². The van der Waals surface area contributed by atoms with Crippen molar-refractivity contribution in [3.63, 3.8) is 0 Å². The summed E-state index contributed by atoms with van der Waals surface area (Å²) in [7, 11) is 1.63. The first-order valence-electron chi connectivity index (χ1n) is 5.97. The third-order valence-corrected chi connectivity index (χ3v) is 2.78. The van der Waals surface area contributed by atoms with Crippen LogP contribution in [0.1, 0.15) is 18.4 Å². The number of ether oxygens (including phenoxy) is 2. The van der Waals surface area contributed by atoms with E-state index in [4.69, 9.17) is 14.6 Å². The van der Waals surface area contributed by atoms with E-state index in [0.29, 0.717) is 12.6 Å². The zero-order valence-corrected chi connectivity index (χ0v) is 10.1. The maximum absolute atomic E-state index is 8.80. The molecule has 0 radical (unpaired) electrons. The average molecular weight is 237 g/mol. The molecule has 1 saturated carbocycles. The Morgan fingerprint density at radius 2 is 2.24 bits per heavy atom. The van der Waals surface area contributed by atoms with Crippen LogP contribution >= 0.6 is 0 Å². The SMILES string of the molecule is COc1ccc(CNC2CC2)c(OCCO)c1. The van der Waals surface area contributed by atoms with Crippen LogP contribution in [-0.2, 0) is 6.54 Å². The summed E-state index contributed by atoms with van der Waals surface area (Å²) in [4.78, 5) is 0. The molecule has 1 aliphatic carbocycles. The number of methoxy groups -OCH3 is 1. The van der Waals surface area contributed by atoms with Gasteiger partial charge in [-0.25, -0.2) is 0 Å². The maximum Gasteiger partial charge on any atom is 0.127 e. The molecule has 1 aromatic carbocycles. The van der Waals surface area contributed by atoms with Gasteiger partial charge in [0, 0.05) is 24.2 Å².